The standard InChI is InChI=1S/C6H14N2.BrH/c1-3-8-5-4-7(2)6-8;/h3-6H2,1-2H3;1H. The molecule has 9 heavy (non-hydrogen) atoms. The minimum Gasteiger partial charge on any atom is -1.00 e. The first-order valence-electron chi connectivity index (χ1n) is 3.35. The molecule has 0 aromatic rings. The van der Waals surface area contributed by atoms with Crippen molar-refractivity contribution in [1.29, 1.82) is 0 Å². The van der Waals surface area contributed by atoms with Gasteiger partial charge in [-0.1, -0.05) is 0 Å². The van der Waals surface area contributed by atoms with Crippen molar-refractivity contribution >= 4 is 0 Å². The Kier molecular flexibility index (Phi) is 4.44. The van der Waals surface area contributed by atoms with Gasteiger partial charge in [0.05, 0.1) is 19.6 Å². The fourth-order valence-corrected chi connectivity index (χ4v) is 1.18. The van der Waals surface area contributed by atoms with Crippen LogP contribution in [0.3, 0.4) is 0 Å². The number of quaternary nitrogens is 1. The molecule has 0 amide bonds. The Hall–Kier alpha value is 0.400. The number of hydrogen-bond acceptors (Lipinski definition) is 1. The Labute approximate surface area is 67.6 Å². The third-order valence-corrected chi connectivity index (χ3v) is 1.84. The largest absolute Gasteiger partial charge is 1.00 e. The van der Waals surface area contributed by atoms with Gasteiger partial charge in [0.15, 0.2) is 0 Å². The normalized spacial score (nSPS) is 28.0. The molecule has 0 spiro atoms. The van der Waals surface area contributed by atoms with Crippen molar-refractivity contribution in [2.24, 2.45) is 0 Å². The van der Waals surface area contributed by atoms with E-state index in [-0.39, 0.29) is 17.0 Å². The van der Waals surface area contributed by atoms with Crippen molar-refractivity contribution in [2.75, 3.05) is 33.4 Å². The predicted octanol–water partition coefficient (Wildman–Crippen LogP) is -4.20. The molecule has 0 radical (unpaired) electrons. The maximum Gasteiger partial charge on any atom is 0.133 e. The average molecular weight is 195 g/mol. The third-order valence-electron chi connectivity index (χ3n) is 1.84. The van der Waals surface area contributed by atoms with Gasteiger partial charge in [-0.25, -0.2) is 0 Å². The first-order chi connectivity index (χ1) is 3.83. The van der Waals surface area contributed by atoms with Crippen LogP contribution >= 0.6 is 0 Å². The minimum absolute atomic E-state index is 0. The first-order valence-corrected chi connectivity index (χ1v) is 3.35. The van der Waals surface area contributed by atoms with Gasteiger partial charge in [0.1, 0.15) is 6.67 Å². The molecular formula is C6H15BrN2. The van der Waals surface area contributed by atoms with Crippen molar-refractivity contribution in [3.05, 3.63) is 0 Å². The maximum absolute atomic E-state index is 2.37. The van der Waals surface area contributed by atoms with E-state index in [9.17, 15) is 0 Å². The summed E-state index contributed by atoms with van der Waals surface area (Å²) >= 11 is 0. The van der Waals surface area contributed by atoms with Crippen LogP contribution in [0.5, 0.6) is 0 Å². The van der Waals surface area contributed by atoms with Gasteiger partial charge in [-0.2, -0.15) is 0 Å². The average Bonchev–Trinajstić information content (AvgIpc) is 2.14. The molecule has 0 saturated carbocycles. The molecule has 1 N–H and O–H groups in total. The van der Waals surface area contributed by atoms with Crippen LogP contribution in [0, 0.1) is 0 Å². The molecule has 0 aromatic heterocycles. The zero-order valence-corrected chi connectivity index (χ0v) is 7.74. The quantitative estimate of drug-likeness (QED) is 0.446. The van der Waals surface area contributed by atoms with Crippen molar-refractivity contribution < 1.29 is 21.9 Å². The Balaban J connectivity index is 0.000000640. The lowest BCUT2D eigenvalue weighted by atomic mass is 10.6. The predicted molar refractivity (Wildman–Crippen MR) is 33.9 cm³/mol. The molecule has 1 aliphatic rings. The Morgan fingerprint density at radius 1 is 1.56 bits per heavy atom. The second-order valence-corrected chi connectivity index (χ2v) is 2.59. The SMILES string of the molecule is CC[NH+]1CCN(C)C1.[Br-]. The number of nitrogens with one attached hydrogen (secondary N) is 1. The molecule has 2 nitrogen and oxygen atoms in total. The lowest BCUT2D eigenvalue weighted by Crippen LogP contribution is -3.10. The van der Waals surface area contributed by atoms with Crippen LogP contribution in [-0.4, -0.2) is 38.3 Å². The van der Waals surface area contributed by atoms with E-state index in [1.165, 1.54) is 26.3 Å². The maximum atomic E-state index is 2.37. The Bertz CT molecular complexity index is 77.5. The number of rotatable bonds is 1. The van der Waals surface area contributed by atoms with Gasteiger partial charge >= 0.3 is 0 Å². The lowest BCUT2D eigenvalue weighted by Gasteiger charge is -2.07. The van der Waals surface area contributed by atoms with E-state index in [0.29, 0.717) is 0 Å². The van der Waals surface area contributed by atoms with Crippen molar-refractivity contribution in [2.45, 2.75) is 6.92 Å². The van der Waals surface area contributed by atoms with Crippen LogP contribution in [0.4, 0.5) is 0 Å². The highest BCUT2D eigenvalue weighted by Gasteiger charge is 2.16. The molecule has 1 heterocycles. The second-order valence-electron chi connectivity index (χ2n) is 2.59. The molecule has 1 aliphatic heterocycles. The molecule has 1 fully saturated rings. The number of likely N-dealkylation sites (N-methyl/N-ethyl adjacent to an activating group) is 2. The number of nitrogens with zero attached hydrogens (tertiary/aromatic N) is 1. The highest BCUT2D eigenvalue weighted by Crippen LogP contribution is 1.78. The summed E-state index contributed by atoms with van der Waals surface area (Å²) in [5.74, 6) is 0. The molecule has 0 bridgehead atoms. The van der Waals surface area contributed by atoms with Crippen LogP contribution < -0.4 is 21.9 Å². The molecular weight excluding hydrogens is 180 g/mol. The highest BCUT2D eigenvalue weighted by molar-refractivity contribution is 4.47. The van der Waals surface area contributed by atoms with Crippen molar-refractivity contribution in [1.82, 2.24) is 4.90 Å². The molecule has 1 saturated heterocycles. The third kappa shape index (κ3) is 2.65. The summed E-state index contributed by atoms with van der Waals surface area (Å²) in [6.07, 6.45) is 0. The van der Waals surface area contributed by atoms with E-state index >= 15 is 0 Å². The van der Waals surface area contributed by atoms with Crippen LogP contribution in [-0.2, 0) is 0 Å². The molecule has 0 aliphatic carbocycles. The minimum atomic E-state index is 0. The molecule has 56 valence electrons. The smallest absolute Gasteiger partial charge is 0.133 e. The Morgan fingerprint density at radius 2 is 2.22 bits per heavy atom. The summed E-state index contributed by atoms with van der Waals surface area (Å²) in [5, 5.41) is 0. The highest BCUT2D eigenvalue weighted by atomic mass is 79.9. The summed E-state index contributed by atoms with van der Waals surface area (Å²) in [7, 11) is 2.18. The van der Waals surface area contributed by atoms with Gasteiger partial charge in [0.25, 0.3) is 0 Å². The van der Waals surface area contributed by atoms with E-state index in [4.69, 9.17) is 0 Å². The topological polar surface area (TPSA) is 7.68 Å². The van der Waals surface area contributed by atoms with Gasteiger partial charge in [0, 0.05) is 0 Å². The number of hydrogen-bond donors (Lipinski definition) is 1. The van der Waals surface area contributed by atoms with Gasteiger partial charge in [-0.3, -0.25) is 4.90 Å². The fourth-order valence-electron chi connectivity index (χ4n) is 1.18. The van der Waals surface area contributed by atoms with Crippen LogP contribution in [0.2, 0.25) is 0 Å². The van der Waals surface area contributed by atoms with Gasteiger partial charge in [-0.05, 0) is 14.0 Å². The zero-order valence-electron chi connectivity index (χ0n) is 6.15. The van der Waals surface area contributed by atoms with E-state index in [1.54, 1.807) is 4.90 Å². The monoisotopic (exact) mass is 194 g/mol. The lowest BCUT2D eigenvalue weighted by molar-refractivity contribution is -0.889. The molecule has 0 aromatic carbocycles. The first kappa shape index (κ1) is 9.40. The van der Waals surface area contributed by atoms with E-state index < -0.39 is 0 Å². The van der Waals surface area contributed by atoms with E-state index in [0.717, 1.165) is 0 Å². The van der Waals surface area contributed by atoms with Crippen molar-refractivity contribution in [3.63, 3.8) is 0 Å². The molecule has 3 heteroatoms. The number of halogens is 1. The summed E-state index contributed by atoms with van der Waals surface area (Å²) in [4.78, 5) is 4.09. The summed E-state index contributed by atoms with van der Waals surface area (Å²) < 4.78 is 0. The van der Waals surface area contributed by atoms with Gasteiger partial charge in [0.2, 0.25) is 0 Å². The second kappa shape index (κ2) is 4.25. The molecule has 1 unspecified atom stereocenters. The van der Waals surface area contributed by atoms with Crippen molar-refractivity contribution in [3.8, 4) is 0 Å². The molecule has 1 atom stereocenters. The fraction of sp³-hybridized carbons (Fsp3) is 1.00. The van der Waals surface area contributed by atoms with Gasteiger partial charge in [-0.15, -0.1) is 0 Å². The van der Waals surface area contributed by atoms with E-state index in [2.05, 4.69) is 18.9 Å². The summed E-state index contributed by atoms with van der Waals surface area (Å²) in [6, 6.07) is 0. The summed E-state index contributed by atoms with van der Waals surface area (Å²) in [6.45, 7) is 7.39. The zero-order chi connectivity index (χ0) is 5.98. The van der Waals surface area contributed by atoms with Crippen LogP contribution in [0.1, 0.15) is 6.92 Å². The van der Waals surface area contributed by atoms with Crippen LogP contribution in [0.15, 0.2) is 0 Å². The van der Waals surface area contributed by atoms with Crippen LogP contribution in [0.25, 0.3) is 0 Å². The summed E-state index contributed by atoms with van der Waals surface area (Å²) in [5.41, 5.74) is 0. The van der Waals surface area contributed by atoms with Gasteiger partial charge < -0.3 is 21.9 Å². The Morgan fingerprint density at radius 3 is 2.44 bits per heavy atom. The van der Waals surface area contributed by atoms with E-state index in [1.807, 2.05) is 0 Å². The molecule has 1 rings (SSSR count).